The number of hydrogen-bond donors (Lipinski definition) is 2. The number of rotatable bonds is 4. The van der Waals surface area contributed by atoms with E-state index in [4.69, 9.17) is 5.73 Å². The van der Waals surface area contributed by atoms with Crippen LogP contribution in [0.25, 0.3) is 0 Å². The summed E-state index contributed by atoms with van der Waals surface area (Å²) in [7, 11) is 3.96. The Morgan fingerprint density at radius 2 is 2.12 bits per heavy atom. The smallest absolute Gasteiger partial charge is 0.251 e. The van der Waals surface area contributed by atoms with E-state index in [1.54, 1.807) is 12.1 Å². The molecule has 1 aromatic carbocycles. The van der Waals surface area contributed by atoms with Gasteiger partial charge in [-0.3, -0.25) is 4.79 Å². The number of nitrogens with zero attached hydrogens (tertiary/aromatic N) is 1. The SMILES string of the molecule is Cc1ccc(C(=O)NC(C)CN(C)C)cc1N. The molecule has 17 heavy (non-hydrogen) atoms. The highest BCUT2D eigenvalue weighted by atomic mass is 16.1. The molecule has 0 spiro atoms. The number of likely N-dealkylation sites (N-methyl/N-ethyl adjacent to an activating group) is 1. The van der Waals surface area contributed by atoms with Crippen LogP contribution in [0.4, 0.5) is 5.69 Å². The van der Waals surface area contributed by atoms with Gasteiger partial charge < -0.3 is 16.0 Å². The van der Waals surface area contributed by atoms with Crippen LogP contribution in [0.1, 0.15) is 22.8 Å². The van der Waals surface area contributed by atoms with Gasteiger partial charge >= 0.3 is 0 Å². The fraction of sp³-hybridized carbons (Fsp3) is 0.462. The van der Waals surface area contributed by atoms with E-state index < -0.39 is 0 Å². The number of aryl methyl sites for hydroxylation is 1. The fourth-order valence-corrected chi connectivity index (χ4v) is 1.68. The van der Waals surface area contributed by atoms with Gasteiger partial charge in [-0.15, -0.1) is 0 Å². The normalized spacial score (nSPS) is 12.5. The van der Waals surface area contributed by atoms with E-state index in [1.807, 2.05) is 38.9 Å². The van der Waals surface area contributed by atoms with E-state index in [2.05, 4.69) is 5.32 Å². The summed E-state index contributed by atoms with van der Waals surface area (Å²) in [5.74, 6) is -0.0777. The van der Waals surface area contributed by atoms with Crippen LogP contribution in [0.2, 0.25) is 0 Å². The number of nitrogens with two attached hydrogens (primary N) is 1. The summed E-state index contributed by atoms with van der Waals surface area (Å²) in [5.41, 5.74) is 8.03. The van der Waals surface area contributed by atoms with Crippen LogP contribution in [-0.4, -0.2) is 37.5 Å². The summed E-state index contributed by atoms with van der Waals surface area (Å²) in [6.45, 7) is 4.72. The summed E-state index contributed by atoms with van der Waals surface area (Å²) in [5, 5.41) is 2.94. The molecule has 0 aromatic heterocycles. The number of hydrogen-bond acceptors (Lipinski definition) is 3. The van der Waals surface area contributed by atoms with E-state index in [0.717, 1.165) is 12.1 Å². The third kappa shape index (κ3) is 4.07. The number of amides is 1. The topological polar surface area (TPSA) is 58.4 Å². The number of nitrogens with one attached hydrogen (secondary N) is 1. The van der Waals surface area contributed by atoms with Gasteiger partial charge in [-0.2, -0.15) is 0 Å². The molecule has 0 saturated carbocycles. The zero-order valence-electron chi connectivity index (χ0n) is 10.9. The number of carbonyl (C=O) groups is 1. The summed E-state index contributed by atoms with van der Waals surface area (Å²) in [6, 6.07) is 5.48. The molecular formula is C13H21N3O. The fourth-order valence-electron chi connectivity index (χ4n) is 1.68. The Hall–Kier alpha value is -1.55. The van der Waals surface area contributed by atoms with Crippen molar-refractivity contribution in [3.05, 3.63) is 29.3 Å². The third-order valence-corrected chi connectivity index (χ3v) is 2.56. The number of carbonyl (C=O) groups excluding carboxylic acids is 1. The summed E-state index contributed by atoms with van der Waals surface area (Å²) in [6.07, 6.45) is 0. The van der Waals surface area contributed by atoms with Crippen molar-refractivity contribution in [2.75, 3.05) is 26.4 Å². The zero-order valence-corrected chi connectivity index (χ0v) is 10.9. The molecule has 0 radical (unpaired) electrons. The van der Waals surface area contributed by atoms with Crippen molar-refractivity contribution in [1.29, 1.82) is 0 Å². The van der Waals surface area contributed by atoms with Gasteiger partial charge in [-0.05, 0) is 45.6 Å². The Bertz CT molecular complexity index is 402. The average molecular weight is 235 g/mol. The van der Waals surface area contributed by atoms with Crippen LogP contribution in [0, 0.1) is 6.92 Å². The van der Waals surface area contributed by atoms with E-state index in [1.165, 1.54) is 0 Å². The molecule has 0 heterocycles. The summed E-state index contributed by atoms with van der Waals surface area (Å²) >= 11 is 0. The first kappa shape index (κ1) is 13.5. The van der Waals surface area contributed by atoms with Crippen molar-refractivity contribution in [1.82, 2.24) is 10.2 Å². The van der Waals surface area contributed by atoms with Crippen molar-refractivity contribution in [2.45, 2.75) is 19.9 Å². The number of benzene rings is 1. The molecule has 1 amide bonds. The van der Waals surface area contributed by atoms with E-state index in [9.17, 15) is 4.79 Å². The highest BCUT2D eigenvalue weighted by Crippen LogP contribution is 2.12. The second-order valence-corrected chi connectivity index (χ2v) is 4.71. The molecule has 0 aliphatic heterocycles. The van der Waals surface area contributed by atoms with Gasteiger partial charge in [-0.25, -0.2) is 0 Å². The van der Waals surface area contributed by atoms with Gasteiger partial charge in [0.1, 0.15) is 0 Å². The van der Waals surface area contributed by atoms with Crippen LogP contribution in [0.5, 0.6) is 0 Å². The van der Waals surface area contributed by atoms with Gasteiger partial charge in [0.05, 0.1) is 0 Å². The standard InChI is InChI=1S/C13H21N3O/c1-9-5-6-11(7-12(9)14)13(17)15-10(2)8-16(3)4/h5-7,10H,8,14H2,1-4H3,(H,15,17). The summed E-state index contributed by atoms with van der Waals surface area (Å²) in [4.78, 5) is 14.0. The maximum absolute atomic E-state index is 11.9. The number of nitrogen functional groups attached to an aromatic ring is 1. The van der Waals surface area contributed by atoms with Gasteiger partial charge in [0, 0.05) is 23.8 Å². The van der Waals surface area contributed by atoms with E-state index in [-0.39, 0.29) is 11.9 Å². The maximum Gasteiger partial charge on any atom is 0.251 e. The predicted octanol–water partition coefficient (Wildman–Crippen LogP) is 1.26. The second-order valence-electron chi connectivity index (χ2n) is 4.71. The van der Waals surface area contributed by atoms with Crippen LogP contribution in [0.3, 0.4) is 0 Å². The lowest BCUT2D eigenvalue weighted by atomic mass is 10.1. The van der Waals surface area contributed by atoms with Gasteiger partial charge in [0.2, 0.25) is 0 Å². The molecule has 4 nitrogen and oxygen atoms in total. The van der Waals surface area contributed by atoms with Crippen molar-refractivity contribution in [3.63, 3.8) is 0 Å². The van der Waals surface area contributed by atoms with Crippen LogP contribution in [-0.2, 0) is 0 Å². The molecule has 1 atom stereocenters. The molecule has 3 N–H and O–H groups in total. The molecule has 4 heteroatoms. The molecule has 1 aromatic rings. The quantitative estimate of drug-likeness (QED) is 0.772. The predicted molar refractivity (Wildman–Crippen MR) is 71.1 cm³/mol. The Morgan fingerprint density at radius 3 is 2.65 bits per heavy atom. The minimum atomic E-state index is -0.0777. The van der Waals surface area contributed by atoms with Crippen molar-refractivity contribution in [3.8, 4) is 0 Å². The molecular weight excluding hydrogens is 214 g/mol. The summed E-state index contributed by atoms with van der Waals surface area (Å²) < 4.78 is 0. The van der Waals surface area contributed by atoms with Crippen molar-refractivity contribution >= 4 is 11.6 Å². The Balaban J connectivity index is 2.66. The van der Waals surface area contributed by atoms with Gasteiger partial charge in [0.15, 0.2) is 0 Å². The number of anilines is 1. The molecule has 1 rings (SSSR count). The highest BCUT2D eigenvalue weighted by molar-refractivity contribution is 5.95. The maximum atomic E-state index is 11.9. The minimum Gasteiger partial charge on any atom is -0.398 e. The van der Waals surface area contributed by atoms with Crippen molar-refractivity contribution in [2.24, 2.45) is 0 Å². The lowest BCUT2D eigenvalue weighted by Gasteiger charge is -2.18. The van der Waals surface area contributed by atoms with Crippen molar-refractivity contribution < 1.29 is 4.79 Å². The largest absolute Gasteiger partial charge is 0.398 e. The van der Waals surface area contributed by atoms with Crippen LogP contribution in [0.15, 0.2) is 18.2 Å². The highest BCUT2D eigenvalue weighted by Gasteiger charge is 2.10. The molecule has 0 saturated heterocycles. The molecule has 94 valence electrons. The average Bonchev–Trinajstić information content (AvgIpc) is 2.20. The Kier molecular flexibility index (Phi) is 4.52. The molecule has 0 aliphatic carbocycles. The van der Waals surface area contributed by atoms with E-state index >= 15 is 0 Å². The van der Waals surface area contributed by atoms with Crippen LogP contribution < -0.4 is 11.1 Å². The molecule has 0 bridgehead atoms. The third-order valence-electron chi connectivity index (χ3n) is 2.56. The first-order valence-electron chi connectivity index (χ1n) is 5.72. The lowest BCUT2D eigenvalue weighted by molar-refractivity contribution is 0.0934. The first-order valence-corrected chi connectivity index (χ1v) is 5.72. The second kappa shape index (κ2) is 5.68. The lowest BCUT2D eigenvalue weighted by Crippen LogP contribution is -2.39. The Morgan fingerprint density at radius 1 is 1.47 bits per heavy atom. The Labute approximate surface area is 103 Å². The minimum absolute atomic E-state index is 0.0777. The molecule has 0 aliphatic rings. The first-order chi connectivity index (χ1) is 7.90. The van der Waals surface area contributed by atoms with Crippen LogP contribution >= 0.6 is 0 Å². The molecule has 0 fully saturated rings. The molecule has 1 unspecified atom stereocenters. The van der Waals surface area contributed by atoms with E-state index in [0.29, 0.717) is 11.3 Å². The van der Waals surface area contributed by atoms with Gasteiger partial charge in [-0.1, -0.05) is 6.07 Å². The monoisotopic (exact) mass is 235 g/mol. The van der Waals surface area contributed by atoms with Gasteiger partial charge in [0.25, 0.3) is 5.91 Å². The zero-order chi connectivity index (χ0) is 13.0.